The number of benzene rings is 2. The van der Waals surface area contributed by atoms with Crippen LogP contribution in [0.4, 0.5) is 0 Å². The number of aliphatic imine (C=N–C) groups is 1. The van der Waals surface area contributed by atoms with Gasteiger partial charge in [-0.1, -0.05) is 36.4 Å². The summed E-state index contributed by atoms with van der Waals surface area (Å²) < 4.78 is 8.36. The second-order valence-electron chi connectivity index (χ2n) is 7.79. The van der Waals surface area contributed by atoms with E-state index in [4.69, 9.17) is 4.74 Å². The molecule has 1 aromatic heterocycles. The molecule has 0 bridgehead atoms. The maximum absolute atomic E-state index is 6.06. The molecule has 2 heterocycles. The average molecular weight is 533 g/mol. The predicted octanol–water partition coefficient (Wildman–Crippen LogP) is 4.31. The maximum atomic E-state index is 6.06. The molecule has 1 N–H and O–H groups in total. The second kappa shape index (κ2) is 10.9. The number of fused-ring (bicyclic) bond motifs is 1. The van der Waals surface area contributed by atoms with E-state index in [-0.39, 0.29) is 30.1 Å². The lowest BCUT2D eigenvalue weighted by atomic mass is 10.0. The van der Waals surface area contributed by atoms with Crippen molar-refractivity contribution < 1.29 is 4.74 Å². The van der Waals surface area contributed by atoms with Crippen LogP contribution in [0.15, 0.2) is 53.5 Å². The molecule has 31 heavy (non-hydrogen) atoms. The molecule has 0 amide bonds. The Morgan fingerprint density at radius 3 is 2.74 bits per heavy atom. The molecule has 166 valence electrons. The number of rotatable bonds is 5. The molecule has 1 atom stereocenters. The van der Waals surface area contributed by atoms with Gasteiger partial charge in [-0.3, -0.25) is 4.99 Å². The summed E-state index contributed by atoms with van der Waals surface area (Å²) in [6.07, 6.45) is 1.09. The van der Waals surface area contributed by atoms with Crippen LogP contribution in [-0.2, 0) is 11.3 Å². The molecule has 6 nitrogen and oxygen atoms in total. The Kier molecular flexibility index (Phi) is 8.31. The summed E-state index contributed by atoms with van der Waals surface area (Å²) in [4.78, 5) is 11.5. The molecule has 0 radical (unpaired) electrons. The number of nitrogens with one attached hydrogen (secondary N) is 1. The van der Waals surface area contributed by atoms with Gasteiger partial charge in [0.05, 0.1) is 24.2 Å². The summed E-state index contributed by atoms with van der Waals surface area (Å²) in [6, 6.07) is 16.8. The summed E-state index contributed by atoms with van der Waals surface area (Å²) in [5.74, 6) is 2.01. The zero-order valence-corrected chi connectivity index (χ0v) is 20.9. The van der Waals surface area contributed by atoms with Crippen LogP contribution in [0.2, 0.25) is 0 Å². The number of morpholine rings is 1. The van der Waals surface area contributed by atoms with Crippen molar-refractivity contribution in [2.24, 2.45) is 4.99 Å². The highest BCUT2D eigenvalue weighted by Crippen LogP contribution is 2.25. The summed E-state index contributed by atoms with van der Waals surface area (Å²) in [7, 11) is 1.86. The smallest absolute Gasteiger partial charge is 0.193 e. The van der Waals surface area contributed by atoms with Crippen molar-refractivity contribution in [1.82, 2.24) is 19.8 Å². The van der Waals surface area contributed by atoms with Gasteiger partial charge >= 0.3 is 0 Å². The summed E-state index contributed by atoms with van der Waals surface area (Å²) in [6.45, 7) is 8.40. The Balaban J connectivity index is 0.00000272. The molecule has 2 aromatic carbocycles. The van der Waals surface area contributed by atoms with Gasteiger partial charge in [-0.15, -0.1) is 24.0 Å². The minimum absolute atomic E-state index is 0. The van der Waals surface area contributed by atoms with Crippen LogP contribution in [0.3, 0.4) is 0 Å². The molecular weight excluding hydrogens is 501 g/mol. The molecular formula is C24H32IN5O. The van der Waals surface area contributed by atoms with Crippen LogP contribution < -0.4 is 5.32 Å². The number of aryl methyl sites for hydroxylation is 3. The first-order chi connectivity index (χ1) is 14.7. The fourth-order valence-electron chi connectivity index (χ4n) is 4.23. The third kappa shape index (κ3) is 5.38. The molecule has 0 saturated carbocycles. The van der Waals surface area contributed by atoms with Crippen molar-refractivity contribution >= 4 is 41.0 Å². The first-order valence-electron chi connectivity index (χ1n) is 10.7. The second-order valence-corrected chi connectivity index (χ2v) is 7.79. The molecule has 0 spiro atoms. The zero-order chi connectivity index (χ0) is 20.9. The number of imidazole rings is 1. The van der Waals surface area contributed by atoms with Crippen LogP contribution >= 0.6 is 24.0 Å². The van der Waals surface area contributed by atoms with Gasteiger partial charge in [0.15, 0.2) is 5.96 Å². The molecule has 3 aromatic rings. The van der Waals surface area contributed by atoms with Crippen molar-refractivity contribution in [3.8, 4) is 0 Å². The lowest BCUT2D eigenvalue weighted by Gasteiger charge is -2.35. The molecule has 0 aliphatic carbocycles. The van der Waals surface area contributed by atoms with Gasteiger partial charge in [0.1, 0.15) is 11.9 Å². The lowest BCUT2D eigenvalue weighted by Crippen LogP contribution is -2.48. The summed E-state index contributed by atoms with van der Waals surface area (Å²) in [5.41, 5.74) is 4.80. The minimum atomic E-state index is 0. The first kappa shape index (κ1) is 23.5. The van der Waals surface area contributed by atoms with Crippen LogP contribution in [0.5, 0.6) is 0 Å². The SMILES string of the molecule is CN=C(NCCCn1c(C)nc2ccccc21)N1CCOC(c2ccccc2C)C1.I. The van der Waals surface area contributed by atoms with Gasteiger partial charge in [0, 0.05) is 26.7 Å². The van der Waals surface area contributed by atoms with Crippen molar-refractivity contribution in [3.05, 3.63) is 65.5 Å². The predicted molar refractivity (Wildman–Crippen MR) is 137 cm³/mol. The molecule has 1 aliphatic heterocycles. The number of ether oxygens (including phenoxy) is 1. The Morgan fingerprint density at radius 1 is 1.16 bits per heavy atom. The van der Waals surface area contributed by atoms with Crippen molar-refractivity contribution in [3.63, 3.8) is 0 Å². The van der Waals surface area contributed by atoms with Gasteiger partial charge in [-0.25, -0.2) is 4.98 Å². The Bertz CT molecular complexity index is 1030. The van der Waals surface area contributed by atoms with Crippen molar-refractivity contribution in [2.75, 3.05) is 33.3 Å². The van der Waals surface area contributed by atoms with E-state index in [9.17, 15) is 0 Å². The summed E-state index contributed by atoms with van der Waals surface area (Å²) >= 11 is 0. The van der Waals surface area contributed by atoms with Gasteiger partial charge in [0.2, 0.25) is 0 Å². The highest BCUT2D eigenvalue weighted by Gasteiger charge is 2.25. The largest absolute Gasteiger partial charge is 0.370 e. The highest BCUT2D eigenvalue weighted by atomic mass is 127. The quantitative estimate of drug-likeness (QED) is 0.230. The number of nitrogens with zero attached hydrogens (tertiary/aromatic N) is 4. The minimum Gasteiger partial charge on any atom is -0.370 e. The Morgan fingerprint density at radius 2 is 1.94 bits per heavy atom. The van der Waals surface area contributed by atoms with E-state index in [0.29, 0.717) is 6.61 Å². The molecule has 4 rings (SSSR count). The first-order valence-corrected chi connectivity index (χ1v) is 10.7. The molecule has 7 heteroatoms. The standard InChI is InChI=1S/C24H31N5O.HI/c1-18-9-4-5-10-20(18)23-17-28(15-16-30-23)24(25-3)26-13-8-14-29-19(2)27-21-11-6-7-12-22(21)29;/h4-7,9-12,23H,8,13-17H2,1-3H3,(H,25,26);1H. The van der Waals surface area contributed by atoms with E-state index < -0.39 is 0 Å². The number of aromatic nitrogens is 2. The number of hydrogen-bond acceptors (Lipinski definition) is 3. The van der Waals surface area contributed by atoms with Gasteiger partial charge in [0.25, 0.3) is 0 Å². The topological polar surface area (TPSA) is 54.7 Å². The molecule has 1 aliphatic rings. The number of guanidine groups is 1. The van der Waals surface area contributed by atoms with E-state index in [1.807, 2.05) is 13.1 Å². The van der Waals surface area contributed by atoms with E-state index in [0.717, 1.165) is 49.9 Å². The molecule has 1 fully saturated rings. The van der Waals surface area contributed by atoms with Crippen LogP contribution in [-0.4, -0.2) is 53.7 Å². The van der Waals surface area contributed by atoms with Gasteiger partial charge < -0.3 is 19.5 Å². The third-order valence-electron chi connectivity index (χ3n) is 5.80. The number of halogens is 1. The average Bonchev–Trinajstić information content (AvgIpc) is 3.09. The van der Waals surface area contributed by atoms with E-state index in [1.54, 1.807) is 0 Å². The maximum Gasteiger partial charge on any atom is 0.193 e. The Labute approximate surface area is 201 Å². The Hall–Kier alpha value is -2.13. The van der Waals surface area contributed by atoms with E-state index in [2.05, 4.69) is 81.1 Å². The monoisotopic (exact) mass is 533 g/mol. The van der Waals surface area contributed by atoms with E-state index >= 15 is 0 Å². The van der Waals surface area contributed by atoms with Gasteiger partial charge in [-0.2, -0.15) is 0 Å². The highest BCUT2D eigenvalue weighted by molar-refractivity contribution is 14.0. The van der Waals surface area contributed by atoms with Crippen LogP contribution in [0, 0.1) is 13.8 Å². The van der Waals surface area contributed by atoms with Crippen molar-refractivity contribution in [2.45, 2.75) is 32.9 Å². The number of hydrogen-bond donors (Lipinski definition) is 1. The zero-order valence-electron chi connectivity index (χ0n) is 18.5. The molecule has 1 saturated heterocycles. The van der Waals surface area contributed by atoms with E-state index in [1.165, 1.54) is 16.6 Å². The van der Waals surface area contributed by atoms with Crippen LogP contribution in [0.1, 0.15) is 29.5 Å². The summed E-state index contributed by atoms with van der Waals surface area (Å²) in [5, 5.41) is 3.54. The fraction of sp³-hybridized carbons (Fsp3) is 0.417. The van der Waals surface area contributed by atoms with Crippen molar-refractivity contribution in [1.29, 1.82) is 0 Å². The van der Waals surface area contributed by atoms with Gasteiger partial charge in [-0.05, 0) is 43.5 Å². The fourth-order valence-corrected chi connectivity index (χ4v) is 4.23. The lowest BCUT2D eigenvalue weighted by molar-refractivity contribution is -0.00830. The normalized spacial score (nSPS) is 16.9. The molecule has 1 unspecified atom stereocenters. The number of para-hydroxylation sites is 2. The third-order valence-corrected chi connectivity index (χ3v) is 5.80. The van der Waals surface area contributed by atoms with Crippen LogP contribution in [0.25, 0.3) is 11.0 Å².